The molecule has 1 aliphatic rings. The standard InChI is InChI=1S/C21H26ClN3O/c1-13-8-14(2)12-25(11-13)20-10-19(18(23)9-15(20)3)24-21(26)16-4-6-17(22)7-5-16/h4-7,9-10,13-14H,8,11-12,23H2,1-3H3,(H,24,26)/t13-,14-/m1/s1. The highest BCUT2D eigenvalue weighted by Gasteiger charge is 2.24. The third-order valence-corrected chi connectivity index (χ3v) is 5.18. The molecule has 2 aromatic carbocycles. The second-order valence-electron chi connectivity index (χ2n) is 7.54. The lowest BCUT2D eigenvalue weighted by atomic mass is 9.91. The minimum absolute atomic E-state index is 0.191. The molecule has 2 aromatic rings. The molecule has 3 rings (SSSR count). The van der Waals surface area contributed by atoms with Crippen LogP contribution in [0.2, 0.25) is 5.02 Å². The molecule has 2 atom stereocenters. The number of carbonyl (C=O) groups excluding carboxylic acids is 1. The van der Waals surface area contributed by atoms with Crippen LogP contribution in [0.5, 0.6) is 0 Å². The van der Waals surface area contributed by atoms with E-state index in [1.54, 1.807) is 24.3 Å². The number of anilines is 3. The third kappa shape index (κ3) is 4.13. The number of aryl methyl sites for hydroxylation is 1. The molecule has 5 heteroatoms. The van der Waals surface area contributed by atoms with Crippen LogP contribution in [0.15, 0.2) is 36.4 Å². The Kier molecular flexibility index (Phi) is 5.42. The molecule has 138 valence electrons. The Balaban J connectivity index is 1.86. The predicted molar refractivity (Wildman–Crippen MR) is 110 cm³/mol. The molecular weight excluding hydrogens is 346 g/mol. The topological polar surface area (TPSA) is 58.4 Å². The fraction of sp³-hybridized carbons (Fsp3) is 0.381. The summed E-state index contributed by atoms with van der Waals surface area (Å²) < 4.78 is 0. The zero-order valence-electron chi connectivity index (χ0n) is 15.6. The molecule has 0 aliphatic carbocycles. The van der Waals surface area contributed by atoms with E-state index in [0.29, 0.717) is 33.8 Å². The summed E-state index contributed by atoms with van der Waals surface area (Å²) in [5.74, 6) is 1.12. The van der Waals surface area contributed by atoms with Crippen LogP contribution < -0.4 is 16.0 Å². The lowest BCUT2D eigenvalue weighted by Gasteiger charge is -2.37. The van der Waals surface area contributed by atoms with E-state index in [2.05, 4.69) is 31.0 Å². The first-order chi connectivity index (χ1) is 12.3. The Morgan fingerprint density at radius 2 is 1.77 bits per heavy atom. The maximum Gasteiger partial charge on any atom is 0.255 e. The highest BCUT2D eigenvalue weighted by molar-refractivity contribution is 6.30. The highest BCUT2D eigenvalue weighted by atomic mass is 35.5. The van der Waals surface area contributed by atoms with E-state index in [-0.39, 0.29) is 5.91 Å². The van der Waals surface area contributed by atoms with Crippen molar-refractivity contribution in [1.29, 1.82) is 0 Å². The van der Waals surface area contributed by atoms with Crippen molar-refractivity contribution in [2.24, 2.45) is 11.8 Å². The van der Waals surface area contributed by atoms with E-state index in [4.69, 9.17) is 17.3 Å². The Labute approximate surface area is 160 Å². The van der Waals surface area contributed by atoms with E-state index < -0.39 is 0 Å². The molecule has 1 aliphatic heterocycles. The zero-order chi connectivity index (χ0) is 18.8. The average molecular weight is 372 g/mol. The van der Waals surface area contributed by atoms with Gasteiger partial charge in [0, 0.05) is 29.4 Å². The molecule has 1 heterocycles. The molecule has 0 spiro atoms. The SMILES string of the molecule is Cc1cc(N)c(NC(=O)c2ccc(Cl)cc2)cc1N1C[C@H](C)C[C@@H](C)C1. The van der Waals surface area contributed by atoms with Crippen molar-refractivity contribution >= 4 is 34.6 Å². The minimum Gasteiger partial charge on any atom is -0.397 e. The number of hydrogen-bond donors (Lipinski definition) is 2. The summed E-state index contributed by atoms with van der Waals surface area (Å²) in [6, 6.07) is 10.8. The van der Waals surface area contributed by atoms with Crippen LogP contribution in [0.25, 0.3) is 0 Å². The molecule has 4 nitrogen and oxygen atoms in total. The third-order valence-electron chi connectivity index (χ3n) is 4.93. The van der Waals surface area contributed by atoms with Crippen LogP contribution in [0.4, 0.5) is 17.1 Å². The van der Waals surface area contributed by atoms with Gasteiger partial charge >= 0.3 is 0 Å². The first-order valence-electron chi connectivity index (χ1n) is 9.05. The van der Waals surface area contributed by atoms with Crippen molar-refractivity contribution in [1.82, 2.24) is 0 Å². The van der Waals surface area contributed by atoms with E-state index in [9.17, 15) is 4.79 Å². The van der Waals surface area contributed by atoms with Crippen molar-refractivity contribution < 1.29 is 4.79 Å². The second kappa shape index (κ2) is 7.58. The van der Waals surface area contributed by atoms with E-state index in [1.165, 1.54) is 6.42 Å². The van der Waals surface area contributed by atoms with Crippen molar-refractivity contribution in [3.05, 3.63) is 52.5 Å². The molecule has 0 bridgehead atoms. The quantitative estimate of drug-likeness (QED) is 0.749. The first kappa shape index (κ1) is 18.6. The molecule has 0 saturated carbocycles. The van der Waals surface area contributed by atoms with Crippen LogP contribution in [0, 0.1) is 18.8 Å². The van der Waals surface area contributed by atoms with Gasteiger partial charge in [0.25, 0.3) is 5.91 Å². The Hall–Kier alpha value is -2.20. The summed E-state index contributed by atoms with van der Waals surface area (Å²) in [6.07, 6.45) is 1.25. The predicted octanol–water partition coefficient (Wildman–Crippen LogP) is 4.97. The summed E-state index contributed by atoms with van der Waals surface area (Å²) in [7, 11) is 0. The van der Waals surface area contributed by atoms with Gasteiger partial charge in [0.2, 0.25) is 0 Å². The molecule has 0 unspecified atom stereocenters. The van der Waals surface area contributed by atoms with E-state index in [1.807, 2.05) is 12.1 Å². The second-order valence-corrected chi connectivity index (χ2v) is 7.97. The minimum atomic E-state index is -0.191. The zero-order valence-corrected chi connectivity index (χ0v) is 16.3. The Morgan fingerprint density at radius 1 is 1.15 bits per heavy atom. The van der Waals surface area contributed by atoms with Crippen molar-refractivity contribution in [3.8, 4) is 0 Å². The van der Waals surface area contributed by atoms with Crippen molar-refractivity contribution in [2.75, 3.05) is 29.0 Å². The summed E-state index contributed by atoms with van der Waals surface area (Å²) in [5, 5.41) is 3.55. The van der Waals surface area contributed by atoms with Gasteiger partial charge in [0.05, 0.1) is 11.4 Å². The smallest absolute Gasteiger partial charge is 0.255 e. The van der Waals surface area contributed by atoms with Crippen molar-refractivity contribution in [3.63, 3.8) is 0 Å². The molecule has 26 heavy (non-hydrogen) atoms. The number of nitrogens with one attached hydrogen (secondary N) is 1. The lowest BCUT2D eigenvalue weighted by molar-refractivity contribution is 0.102. The van der Waals surface area contributed by atoms with Crippen molar-refractivity contribution in [2.45, 2.75) is 27.2 Å². The number of nitrogen functional groups attached to an aromatic ring is 1. The number of nitrogens with zero attached hydrogens (tertiary/aromatic N) is 1. The lowest BCUT2D eigenvalue weighted by Crippen LogP contribution is -2.39. The summed E-state index contributed by atoms with van der Waals surface area (Å²) >= 11 is 5.89. The summed E-state index contributed by atoms with van der Waals surface area (Å²) in [6.45, 7) is 8.71. The number of rotatable bonds is 3. The summed E-state index contributed by atoms with van der Waals surface area (Å²) in [4.78, 5) is 14.9. The van der Waals surface area contributed by atoms with Gasteiger partial charge < -0.3 is 16.0 Å². The molecule has 3 N–H and O–H groups in total. The fourth-order valence-corrected chi connectivity index (χ4v) is 3.95. The Bertz CT molecular complexity index is 794. The van der Waals surface area contributed by atoms with E-state index in [0.717, 1.165) is 24.3 Å². The van der Waals surface area contributed by atoms with Gasteiger partial charge in [-0.3, -0.25) is 4.79 Å². The van der Waals surface area contributed by atoms with Gasteiger partial charge in [-0.05, 0) is 67.1 Å². The molecule has 0 aromatic heterocycles. The molecule has 1 amide bonds. The van der Waals surface area contributed by atoms with Gasteiger partial charge in [-0.25, -0.2) is 0 Å². The number of amides is 1. The van der Waals surface area contributed by atoms with Crippen LogP contribution in [-0.4, -0.2) is 19.0 Å². The largest absolute Gasteiger partial charge is 0.397 e. The fourth-order valence-electron chi connectivity index (χ4n) is 3.82. The number of nitrogens with two attached hydrogens (primary N) is 1. The maximum absolute atomic E-state index is 12.5. The van der Waals surface area contributed by atoms with E-state index >= 15 is 0 Å². The number of carbonyl (C=O) groups is 1. The first-order valence-corrected chi connectivity index (χ1v) is 9.43. The normalized spacial score (nSPS) is 20.1. The van der Waals surface area contributed by atoms with Crippen LogP contribution in [0.3, 0.4) is 0 Å². The maximum atomic E-state index is 12.5. The van der Waals surface area contributed by atoms with Crippen LogP contribution in [-0.2, 0) is 0 Å². The number of benzene rings is 2. The summed E-state index contributed by atoms with van der Waals surface area (Å²) in [5.41, 5.74) is 10.2. The molecule has 1 fully saturated rings. The number of hydrogen-bond acceptors (Lipinski definition) is 3. The van der Waals surface area contributed by atoms with Gasteiger partial charge in [-0.2, -0.15) is 0 Å². The number of piperidine rings is 1. The van der Waals surface area contributed by atoms with Gasteiger partial charge in [0.1, 0.15) is 0 Å². The van der Waals surface area contributed by atoms with Gasteiger partial charge in [-0.1, -0.05) is 25.4 Å². The number of halogens is 1. The van der Waals surface area contributed by atoms with Gasteiger partial charge in [-0.15, -0.1) is 0 Å². The molecule has 0 radical (unpaired) electrons. The average Bonchev–Trinajstić information content (AvgIpc) is 2.57. The van der Waals surface area contributed by atoms with Gasteiger partial charge in [0.15, 0.2) is 0 Å². The molecular formula is C21H26ClN3O. The molecule has 1 saturated heterocycles. The monoisotopic (exact) mass is 371 g/mol. The van der Waals surface area contributed by atoms with Crippen LogP contribution >= 0.6 is 11.6 Å². The highest BCUT2D eigenvalue weighted by Crippen LogP contribution is 2.33. The van der Waals surface area contributed by atoms with Crippen LogP contribution in [0.1, 0.15) is 36.2 Å². The Morgan fingerprint density at radius 3 is 2.38 bits per heavy atom.